The van der Waals surface area contributed by atoms with E-state index in [2.05, 4.69) is 16.8 Å². The Morgan fingerprint density at radius 1 is 1.14 bits per heavy atom. The lowest BCUT2D eigenvalue weighted by Crippen LogP contribution is -2.42. The number of rotatable bonds is 1. The molecule has 1 unspecified atom stereocenters. The Kier molecular flexibility index (Phi) is 3.06. The van der Waals surface area contributed by atoms with Crippen molar-refractivity contribution in [1.82, 2.24) is 9.80 Å². The number of carbonyl (C=O) groups excluding carboxylic acids is 1. The third-order valence-electron chi connectivity index (χ3n) is 3.39. The first kappa shape index (κ1) is 9.97. The van der Waals surface area contributed by atoms with Crippen LogP contribution < -0.4 is 0 Å². The van der Waals surface area contributed by atoms with Crippen molar-refractivity contribution in [3.05, 3.63) is 0 Å². The summed E-state index contributed by atoms with van der Waals surface area (Å²) in [7, 11) is 2.11. The van der Waals surface area contributed by atoms with Gasteiger partial charge in [0.2, 0.25) is 5.91 Å². The topological polar surface area (TPSA) is 23.6 Å². The molecular formula is C11H20N2O. The van der Waals surface area contributed by atoms with Crippen molar-refractivity contribution in [2.24, 2.45) is 5.92 Å². The molecule has 0 N–H and O–H groups in total. The molecule has 2 saturated heterocycles. The number of hydrogen-bond donors (Lipinski definition) is 0. The van der Waals surface area contributed by atoms with Crippen LogP contribution in [0.4, 0.5) is 0 Å². The van der Waals surface area contributed by atoms with E-state index in [-0.39, 0.29) is 5.92 Å². The van der Waals surface area contributed by atoms with Gasteiger partial charge in [-0.2, -0.15) is 0 Å². The van der Waals surface area contributed by atoms with Crippen molar-refractivity contribution < 1.29 is 4.79 Å². The first-order chi connectivity index (χ1) is 6.77. The molecule has 14 heavy (non-hydrogen) atoms. The first-order valence-corrected chi connectivity index (χ1v) is 5.75. The van der Waals surface area contributed by atoms with Gasteiger partial charge in [0.1, 0.15) is 0 Å². The van der Waals surface area contributed by atoms with E-state index in [0.717, 1.165) is 32.6 Å². The lowest BCUT2D eigenvalue weighted by molar-refractivity contribution is -0.136. The van der Waals surface area contributed by atoms with Crippen LogP contribution in [-0.2, 0) is 4.79 Å². The van der Waals surface area contributed by atoms with E-state index in [9.17, 15) is 4.79 Å². The molecule has 0 aromatic heterocycles. The minimum absolute atomic E-state index is 0.284. The van der Waals surface area contributed by atoms with Crippen molar-refractivity contribution in [3.63, 3.8) is 0 Å². The molecule has 1 atom stereocenters. The fraction of sp³-hybridized carbons (Fsp3) is 0.909. The molecule has 0 saturated carbocycles. The van der Waals surface area contributed by atoms with Gasteiger partial charge in [0.15, 0.2) is 0 Å². The number of likely N-dealkylation sites (tertiary alicyclic amines) is 2. The Morgan fingerprint density at radius 3 is 2.50 bits per heavy atom. The minimum atomic E-state index is 0.284. The quantitative estimate of drug-likeness (QED) is 0.623. The molecule has 3 nitrogen and oxygen atoms in total. The molecule has 0 bridgehead atoms. The lowest BCUT2D eigenvalue weighted by Gasteiger charge is -2.31. The Labute approximate surface area is 86.1 Å². The maximum Gasteiger partial charge on any atom is 0.226 e. The van der Waals surface area contributed by atoms with Gasteiger partial charge in [0, 0.05) is 19.6 Å². The molecule has 0 spiro atoms. The van der Waals surface area contributed by atoms with Gasteiger partial charge < -0.3 is 9.80 Å². The van der Waals surface area contributed by atoms with E-state index in [1.165, 1.54) is 19.3 Å². The van der Waals surface area contributed by atoms with Gasteiger partial charge in [-0.1, -0.05) is 0 Å². The first-order valence-electron chi connectivity index (χ1n) is 5.75. The maximum absolute atomic E-state index is 12.0. The lowest BCUT2D eigenvalue weighted by atomic mass is 9.97. The van der Waals surface area contributed by atoms with Crippen LogP contribution in [0.15, 0.2) is 0 Å². The van der Waals surface area contributed by atoms with Crippen LogP contribution in [0, 0.1) is 5.92 Å². The standard InChI is InChI=1S/C11H20N2O/c1-12-6-4-5-10(9-12)11(14)13-7-2-3-8-13/h10H,2-9H2,1H3. The summed E-state index contributed by atoms with van der Waals surface area (Å²) in [6.07, 6.45) is 4.68. The maximum atomic E-state index is 12.0. The highest BCUT2D eigenvalue weighted by Crippen LogP contribution is 2.20. The van der Waals surface area contributed by atoms with Crippen molar-refractivity contribution in [1.29, 1.82) is 0 Å². The van der Waals surface area contributed by atoms with E-state index < -0.39 is 0 Å². The highest BCUT2D eigenvalue weighted by atomic mass is 16.2. The molecule has 0 aromatic carbocycles. The van der Waals surface area contributed by atoms with E-state index in [4.69, 9.17) is 0 Å². The second-order valence-electron chi connectivity index (χ2n) is 4.63. The highest BCUT2D eigenvalue weighted by molar-refractivity contribution is 5.79. The minimum Gasteiger partial charge on any atom is -0.342 e. The van der Waals surface area contributed by atoms with Gasteiger partial charge >= 0.3 is 0 Å². The van der Waals surface area contributed by atoms with Gasteiger partial charge in [-0.15, -0.1) is 0 Å². The Bertz CT molecular complexity index is 211. The summed E-state index contributed by atoms with van der Waals surface area (Å²) in [5, 5.41) is 0. The predicted molar refractivity (Wildman–Crippen MR) is 56.0 cm³/mol. The Morgan fingerprint density at radius 2 is 1.86 bits per heavy atom. The van der Waals surface area contributed by atoms with Crippen LogP contribution in [0.3, 0.4) is 0 Å². The summed E-state index contributed by atoms with van der Waals surface area (Å²) in [6, 6.07) is 0. The number of nitrogens with zero attached hydrogens (tertiary/aromatic N) is 2. The molecule has 3 heteroatoms. The van der Waals surface area contributed by atoms with Crippen LogP contribution in [0.1, 0.15) is 25.7 Å². The van der Waals surface area contributed by atoms with Crippen molar-refractivity contribution >= 4 is 5.91 Å². The number of hydrogen-bond acceptors (Lipinski definition) is 2. The zero-order valence-electron chi connectivity index (χ0n) is 9.04. The van der Waals surface area contributed by atoms with Crippen LogP contribution in [-0.4, -0.2) is 48.9 Å². The third kappa shape index (κ3) is 2.08. The van der Waals surface area contributed by atoms with Crippen LogP contribution in [0.25, 0.3) is 0 Å². The van der Waals surface area contributed by atoms with Gasteiger partial charge in [-0.3, -0.25) is 4.79 Å². The second kappa shape index (κ2) is 4.30. The molecule has 2 heterocycles. The number of carbonyl (C=O) groups is 1. The zero-order valence-corrected chi connectivity index (χ0v) is 9.04. The number of piperidine rings is 1. The molecular weight excluding hydrogens is 176 g/mol. The number of amides is 1. The zero-order chi connectivity index (χ0) is 9.97. The van der Waals surface area contributed by atoms with Crippen molar-refractivity contribution in [3.8, 4) is 0 Å². The highest BCUT2D eigenvalue weighted by Gasteiger charge is 2.28. The summed E-state index contributed by atoms with van der Waals surface area (Å²) in [5.74, 6) is 0.695. The molecule has 2 aliphatic rings. The molecule has 2 fully saturated rings. The van der Waals surface area contributed by atoms with Gasteiger partial charge in [0.05, 0.1) is 5.92 Å². The molecule has 0 aromatic rings. The molecule has 1 amide bonds. The second-order valence-corrected chi connectivity index (χ2v) is 4.63. The summed E-state index contributed by atoms with van der Waals surface area (Å²) < 4.78 is 0. The van der Waals surface area contributed by atoms with Gasteiger partial charge in [-0.05, 0) is 39.3 Å². The molecule has 0 radical (unpaired) electrons. The largest absolute Gasteiger partial charge is 0.342 e. The van der Waals surface area contributed by atoms with Gasteiger partial charge in [0.25, 0.3) is 0 Å². The van der Waals surface area contributed by atoms with E-state index in [1.807, 2.05) is 0 Å². The average Bonchev–Trinajstić information content (AvgIpc) is 2.69. The van der Waals surface area contributed by atoms with Crippen molar-refractivity contribution in [2.75, 3.05) is 33.2 Å². The molecule has 2 aliphatic heterocycles. The fourth-order valence-corrected chi connectivity index (χ4v) is 2.56. The Hall–Kier alpha value is -0.570. The third-order valence-corrected chi connectivity index (χ3v) is 3.39. The molecule has 0 aliphatic carbocycles. The van der Waals surface area contributed by atoms with E-state index >= 15 is 0 Å². The van der Waals surface area contributed by atoms with Crippen LogP contribution in [0.5, 0.6) is 0 Å². The monoisotopic (exact) mass is 196 g/mol. The van der Waals surface area contributed by atoms with Crippen LogP contribution in [0.2, 0.25) is 0 Å². The fourth-order valence-electron chi connectivity index (χ4n) is 2.56. The summed E-state index contributed by atoms with van der Waals surface area (Å²) >= 11 is 0. The summed E-state index contributed by atoms with van der Waals surface area (Å²) in [4.78, 5) is 16.4. The molecule has 2 rings (SSSR count). The van der Waals surface area contributed by atoms with E-state index in [1.54, 1.807) is 0 Å². The normalized spacial score (nSPS) is 29.5. The SMILES string of the molecule is CN1CCCC(C(=O)N2CCCC2)C1. The summed E-state index contributed by atoms with van der Waals surface area (Å²) in [5.41, 5.74) is 0. The van der Waals surface area contributed by atoms with E-state index in [0.29, 0.717) is 5.91 Å². The Balaban J connectivity index is 1.89. The summed E-state index contributed by atoms with van der Waals surface area (Å²) in [6.45, 7) is 4.12. The van der Waals surface area contributed by atoms with Crippen LogP contribution >= 0.6 is 0 Å². The smallest absolute Gasteiger partial charge is 0.226 e. The van der Waals surface area contributed by atoms with Gasteiger partial charge in [-0.25, -0.2) is 0 Å². The average molecular weight is 196 g/mol. The molecule has 80 valence electrons. The van der Waals surface area contributed by atoms with Crippen molar-refractivity contribution in [2.45, 2.75) is 25.7 Å². The predicted octanol–water partition coefficient (Wildman–Crippen LogP) is 0.951.